The molecule has 11 nitrogen and oxygen atoms in total. The van der Waals surface area contributed by atoms with Crippen LogP contribution >= 0.6 is 12.2 Å². The van der Waals surface area contributed by atoms with Crippen LogP contribution in [0.2, 0.25) is 0 Å². The molecule has 12 heteroatoms. The Morgan fingerprint density at radius 2 is 0.635 bits per heavy atom. The highest BCUT2D eigenvalue weighted by molar-refractivity contribution is 7.78. The van der Waals surface area contributed by atoms with E-state index in [1.807, 2.05) is 212 Å². The molecule has 7 aromatic rings. The molecule has 2 aliphatic heterocycles. The molecule has 7 aromatic carbocycles. The van der Waals surface area contributed by atoms with E-state index in [1.165, 1.54) is 0 Å². The molecular formula is C62H63NO10S. The summed E-state index contributed by atoms with van der Waals surface area (Å²) in [7, 11) is 0. The Labute approximate surface area is 439 Å². The minimum atomic E-state index is -1.12. The van der Waals surface area contributed by atoms with Crippen LogP contribution in [0, 0.1) is 0 Å². The van der Waals surface area contributed by atoms with Crippen molar-refractivity contribution < 1.29 is 47.4 Å². The van der Waals surface area contributed by atoms with Gasteiger partial charge >= 0.3 is 0 Å². The maximum atomic E-state index is 7.51. The van der Waals surface area contributed by atoms with Crippen molar-refractivity contribution in [2.75, 3.05) is 13.2 Å². The summed E-state index contributed by atoms with van der Waals surface area (Å²) in [5.74, 6) is 0. The standard InChI is InChI=1S/C62H63NO10S/c74-45-63-61-59(69-41-51-32-18-6-19-33-51)58(68-40-50-30-16-5-17-31-50)56(54(71-61)44-65-37-47-24-10-2-11-25-47)73-62-60(70-42-52-34-20-7-21-35-52)57(67-39-49-28-14-4-15-29-49)55(66-38-48-26-12-3-13-27-48)53(72-62)43-64-36-46-22-8-1-9-23-46/h1-35,53-62H,36-44H2/t53-,54-,55-,56-,57+,58+,59-,60-,61-,62+/m1/s1. The lowest BCUT2D eigenvalue weighted by Crippen LogP contribution is -2.66. The molecule has 0 aliphatic carbocycles. The third-order valence-electron chi connectivity index (χ3n) is 12.9. The molecule has 0 aromatic heterocycles. The number of hydrogen-bond acceptors (Lipinski definition) is 12. The van der Waals surface area contributed by atoms with Gasteiger partial charge in [0.1, 0.15) is 48.8 Å². The summed E-state index contributed by atoms with van der Waals surface area (Å²) in [6.45, 7) is 2.08. The summed E-state index contributed by atoms with van der Waals surface area (Å²) in [5, 5.41) is 2.57. The average molecular weight is 1010 g/mol. The highest BCUT2D eigenvalue weighted by Crippen LogP contribution is 2.37. The fourth-order valence-corrected chi connectivity index (χ4v) is 9.23. The summed E-state index contributed by atoms with van der Waals surface area (Å²) in [5.41, 5.74) is 6.84. The predicted molar refractivity (Wildman–Crippen MR) is 285 cm³/mol. The Morgan fingerprint density at radius 3 is 1.00 bits per heavy atom. The van der Waals surface area contributed by atoms with Crippen molar-refractivity contribution in [1.82, 2.24) is 0 Å². The summed E-state index contributed by atoms with van der Waals surface area (Å²) in [4.78, 5) is 4.57. The van der Waals surface area contributed by atoms with E-state index < -0.39 is 61.3 Å². The van der Waals surface area contributed by atoms with E-state index >= 15 is 0 Å². The van der Waals surface area contributed by atoms with Gasteiger partial charge in [-0.2, -0.15) is 4.99 Å². The zero-order valence-electron chi connectivity index (χ0n) is 41.3. The largest absolute Gasteiger partial charge is 0.374 e. The molecule has 0 amide bonds. The Balaban J connectivity index is 1.12. The van der Waals surface area contributed by atoms with Crippen molar-refractivity contribution in [1.29, 1.82) is 0 Å². The first-order chi connectivity index (χ1) is 36.7. The minimum Gasteiger partial charge on any atom is -0.374 e. The molecule has 2 aliphatic rings. The van der Waals surface area contributed by atoms with Gasteiger partial charge in [-0.05, 0) is 51.2 Å². The van der Waals surface area contributed by atoms with E-state index in [1.54, 1.807) is 0 Å². The van der Waals surface area contributed by atoms with Crippen LogP contribution in [0.3, 0.4) is 0 Å². The zero-order chi connectivity index (χ0) is 50.4. The van der Waals surface area contributed by atoms with Crippen LogP contribution in [0.1, 0.15) is 38.9 Å². The van der Waals surface area contributed by atoms with Gasteiger partial charge in [0.05, 0.1) is 64.6 Å². The summed E-state index contributed by atoms with van der Waals surface area (Å²) in [6.07, 6.45) is -8.50. The van der Waals surface area contributed by atoms with Crippen molar-refractivity contribution in [2.45, 2.75) is 108 Å². The van der Waals surface area contributed by atoms with Crippen LogP contribution in [-0.2, 0) is 93.6 Å². The van der Waals surface area contributed by atoms with Crippen molar-refractivity contribution in [3.8, 4) is 0 Å². The maximum absolute atomic E-state index is 7.51. The van der Waals surface area contributed by atoms with Gasteiger partial charge in [0.15, 0.2) is 12.5 Å². The Morgan fingerprint density at radius 1 is 0.338 bits per heavy atom. The lowest BCUT2D eigenvalue weighted by Gasteiger charge is -2.49. The second-order valence-electron chi connectivity index (χ2n) is 18.2. The Hall–Kier alpha value is -6.06. The molecule has 0 unspecified atom stereocenters. The summed E-state index contributed by atoms with van der Waals surface area (Å²) in [6, 6.07) is 70.1. The van der Waals surface area contributed by atoms with Crippen molar-refractivity contribution in [3.05, 3.63) is 251 Å². The number of thiocarbonyl (C=S) groups is 1. The van der Waals surface area contributed by atoms with Crippen molar-refractivity contribution >= 4 is 17.4 Å². The predicted octanol–water partition coefficient (Wildman–Crippen LogP) is 11.3. The first-order valence-electron chi connectivity index (χ1n) is 25.2. The van der Waals surface area contributed by atoms with Gasteiger partial charge in [-0.25, -0.2) is 0 Å². The van der Waals surface area contributed by atoms with Crippen molar-refractivity contribution in [2.24, 2.45) is 4.99 Å². The number of aliphatic imine (C=N–C) groups is 1. The molecule has 2 fully saturated rings. The van der Waals surface area contributed by atoms with Gasteiger partial charge in [-0.15, -0.1) is 0 Å². The summed E-state index contributed by atoms with van der Waals surface area (Å²) >= 11 is 5.26. The highest BCUT2D eigenvalue weighted by atomic mass is 32.1. The van der Waals surface area contributed by atoms with Gasteiger partial charge in [0, 0.05) is 0 Å². The summed E-state index contributed by atoms with van der Waals surface area (Å²) < 4.78 is 69.8. The fourth-order valence-electron chi connectivity index (χ4n) is 9.13. The third-order valence-corrected chi connectivity index (χ3v) is 13.0. The van der Waals surface area contributed by atoms with Crippen LogP contribution in [0.4, 0.5) is 0 Å². The quantitative estimate of drug-likeness (QED) is 0.0382. The first kappa shape index (κ1) is 52.8. The molecule has 10 atom stereocenters. The molecular weight excluding hydrogens is 951 g/mol. The molecule has 0 bridgehead atoms. The number of rotatable bonds is 26. The molecule has 74 heavy (non-hydrogen) atoms. The lowest BCUT2D eigenvalue weighted by atomic mass is 9.95. The Bertz CT molecular complexity index is 2690. The van der Waals surface area contributed by atoms with Crippen LogP contribution in [0.5, 0.6) is 0 Å². The molecule has 0 N–H and O–H groups in total. The van der Waals surface area contributed by atoms with Crippen LogP contribution in [0.25, 0.3) is 0 Å². The smallest absolute Gasteiger partial charge is 0.187 e. The molecule has 0 radical (unpaired) electrons. The van der Waals surface area contributed by atoms with Crippen LogP contribution in [0.15, 0.2) is 217 Å². The SMILES string of the molecule is S=C=N[C@@H]1O[C@H](COCc2ccccc2)[C@@H](O[C@@H]2O[C@H](COCc3ccccc3)[C@@H](OCc3ccccc3)[C@H](OCc3ccccc3)[C@H]2OCc2ccccc2)[C@H](OCc2ccccc2)[C@H]1OCc1ccccc1. The van der Waals surface area contributed by atoms with E-state index in [9.17, 15) is 0 Å². The first-order valence-corrected chi connectivity index (χ1v) is 25.6. The average Bonchev–Trinajstić information content (AvgIpc) is 3.45. The van der Waals surface area contributed by atoms with Gasteiger partial charge in [0.2, 0.25) is 0 Å². The second-order valence-corrected chi connectivity index (χ2v) is 18.4. The number of isothiocyanates is 1. The molecule has 2 saturated heterocycles. The molecule has 2 heterocycles. The van der Waals surface area contributed by atoms with E-state index in [2.05, 4.69) is 10.2 Å². The number of ether oxygens (including phenoxy) is 10. The fraction of sp³-hybridized carbons (Fsp3) is 0.306. The number of nitrogens with zero attached hydrogens (tertiary/aromatic N) is 1. The Kier molecular flexibility index (Phi) is 20.4. The van der Waals surface area contributed by atoms with Gasteiger partial charge < -0.3 is 47.4 Å². The normalized spacial score (nSPS) is 23.7. The van der Waals surface area contributed by atoms with Crippen LogP contribution < -0.4 is 0 Å². The molecule has 0 spiro atoms. The molecule has 0 saturated carbocycles. The number of hydrogen-bond donors (Lipinski definition) is 0. The highest BCUT2D eigenvalue weighted by Gasteiger charge is 2.54. The topological polar surface area (TPSA) is 105 Å². The van der Waals surface area contributed by atoms with E-state index in [0.29, 0.717) is 13.2 Å². The van der Waals surface area contributed by atoms with Gasteiger partial charge in [0.25, 0.3) is 0 Å². The van der Waals surface area contributed by atoms with Crippen LogP contribution in [-0.4, -0.2) is 79.7 Å². The third kappa shape index (κ3) is 15.5. The van der Waals surface area contributed by atoms with E-state index in [4.69, 9.17) is 59.6 Å². The van der Waals surface area contributed by atoms with Gasteiger partial charge in [-0.1, -0.05) is 212 Å². The second kappa shape index (κ2) is 28.6. The zero-order valence-corrected chi connectivity index (χ0v) is 42.1. The van der Waals surface area contributed by atoms with E-state index in [-0.39, 0.29) is 46.2 Å². The molecule has 382 valence electrons. The van der Waals surface area contributed by atoms with Gasteiger partial charge in [-0.3, -0.25) is 0 Å². The molecule has 9 rings (SSSR count). The maximum Gasteiger partial charge on any atom is 0.187 e. The monoisotopic (exact) mass is 1010 g/mol. The minimum absolute atomic E-state index is 0.0855. The van der Waals surface area contributed by atoms with Crippen molar-refractivity contribution in [3.63, 3.8) is 0 Å². The lowest BCUT2D eigenvalue weighted by molar-refractivity contribution is -0.363. The number of benzene rings is 7. The van der Waals surface area contributed by atoms with E-state index in [0.717, 1.165) is 38.9 Å².